The molecule has 0 aromatic heterocycles. The van der Waals surface area contributed by atoms with Gasteiger partial charge in [0.25, 0.3) is 0 Å². The number of esters is 1. The number of rotatable bonds is 16. The molecule has 0 bridgehead atoms. The van der Waals surface area contributed by atoms with Crippen molar-refractivity contribution in [2.45, 2.75) is 90.4 Å². The molecular formula is C20H42NO2+. The summed E-state index contributed by atoms with van der Waals surface area (Å²) in [7, 11) is 6.48. The summed E-state index contributed by atoms with van der Waals surface area (Å²) >= 11 is 0. The SMILES string of the molecule is CCCCCCCCCCCCCC(=O)OCCC[N+](C)(C)C. The van der Waals surface area contributed by atoms with E-state index >= 15 is 0 Å². The Hall–Kier alpha value is -0.570. The van der Waals surface area contributed by atoms with E-state index in [4.69, 9.17) is 4.74 Å². The highest BCUT2D eigenvalue weighted by Gasteiger charge is 2.07. The van der Waals surface area contributed by atoms with Gasteiger partial charge in [0.15, 0.2) is 0 Å². The topological polar surface area (TPSA) is 26.3 Å². The van der Waals surface area contributed by atoms with E-state index in [9.17, 15) is 4.79 Å². The number of quaternary nitrogens is 1. The van der Waals surface area contributed by atoms with Crippen molar-refractivity contribution in [3.05, 3.63) is 0 Å². The van der Waals surface area contributed by atoms with E-state index < -0.39 is 0 Å². The first-order chi connectivity index (χ1) is 11.0. The molecule has 0 aliphatic heterocycles. The first kappa shape index (κ1) is 22.4. The second kappa shape index (κ2) is 15.0. The van der Waals surface area contributed by atoms with Gasteiger partial charge in [-0.3, -0.25) is 4.79 Å². The molecule has 0 saturated carbocycles. The molecule has 0 aromatic carbocycles. The van der Waals surface area contributed by atoms with Crippen molar-refractivity contribution in [2.24, 2.45) is 0 Å². The first-order valence-electron chi connectivity index (χ1n) is 9.92. The Labute approximate surface area is 145 Å². The highest BCUT2D eigenvalue weighted by Crippen LogP contribution is 2.12. The van der Waals surface area contributed by atoms with Crippen molar-refractivity contribution >= 4 is 5.97 Å². The molecule has 0 spiro atoms. The van der Waals surface area contributed by atoms with Crippen LogP contribution in [0.2, 0.25) is 0 Å². The van der Waals surface area contributed by atoms with Crippen molar-refractivity contribution in [3.63, 3.8) is 0 Å². The molecule has 0 rings (SSSR count). The molecule has 23 heavy (non-hydrogen) atoms. The maximum atomic E-state index is 11.6. The van der Waals surface area contributed by atoms with E-state index in [-0.39, 0.29) is 5.97 Å². The second-order valence-electron chi connectivity index (χ2n) is 7.87. The van der Waals surface area contributed by atoms with Gasteiger partial charge in [-0.25, -0.2) is 0 Å². The number of hydrogen-bond acceptors (Lipinski definition) is 2. The predicted molar refractivity (Wildman–Crippen MR) is 99.6 cm³/mol. The number of hydrogen-bond donors (Lipinski definition) is 0. The Morgan fingerprint density at radius 2 is 1.22 bits per heavy atom. The Balaban J connectivity index is 3.20. The normalized spacial score (nSPS) is 11.7. The van der Waals surface area contributed by atoms with Crippen molar-refractivity contribution in [3.8, 4) is 0 Å². The average molecular weight is 329 g/mol. The van der Waals surface area contributed by atoms with E-state index in [0.717, 1.165) is 23.9 Å². The van der Waals surface area contributed by atoms with E-state index in [1.807, 2.05) is 0 Å². The molecule has 0 aliphatic rings. The van der Waals surface area contributed by atoms with Crippen LogP contribution in [0.15, 0.2) is 0 Å². The fourth-order valence-electron chi connectivity index (χ4n) is 2.73. The zero-order chi connectivity index (χ0) is 17.4. The van der Waals surface area contributed by atoms with Crippen molar-refractivity contribution in [1.29, 1.82) is 0 Å². The van der Waals surface area contributed by atoms with Gasteiger partial charge in [-0.05, 0) is 6.42 Å². The lowest BCUT2D eigenvalue weighted by atomic mass is 10.1. The van der Waals surface area contributed by atoms with Crippen LogP contribution >= 0.6 is 0 Å². The Morgan fingerprint density at radius 3 is 1.70 bits per heavy atom. The third-order valence-corrected chi connectivity index (χ3v) is 4.22. The van der Waals surface area contributed by atoms with Gasteiger partial charge in [-0.2, -0.15) is 0 Å². The summed E-state index contributed by atoms with van der Waals surface area (Å²) in [6.07, 6.45) is 16.0. The van der Waals surface area contributed by atoms with Crippen LogP contribution in [0.3, 0.4) is 0 Å². The fraction of sp³-hybridized carbons (Fsp3) is 0.950. The summed E-state index contributed by atoms with van der Waals surface area (Å²) < 4.78 is 6.21. The van der Waals surface area contributed by atoms with Crippen LogP contribution in [-0.4, -0.2) is 44.7 Å². The molecule has 3 heteroatoms. The van der Waals surface area contributed by atoms with Crippen LogP contribution in [0, 0.1) is 0 Å². The van der Waals surface area contributed by atoms with E-state index in [1.54, 1.807) is 0 Å². The van der Waals surface area contributed by atoms with Gasteiger partial charge >= 0.3 is 5.97 Å². The van der Waals surface area contributed by atoms with Gasteiger partial charge in [0.2, 0.25) is 0 Å². The van der Waals surface area contributed by atoms with Crippen LogP contribution in [0.25, 0.3) is 0 Å². The summed E-state index contributed by atoms with van der Waals surface area (Å²) in [6, 6.07) is 0. The Bertz CT molecular complexity index is 271. The van der Waals surface area contributed by atoms with Crippen molar-refractivity contribution < 1.29 is 14.0 Å². The molecule has 0 aliphatic carbocycles. The molecule has 0 atom stereocenters. The molecule has 0 radical (unpaired) electrons. The maximum absolute atomic E-state index is 11.6. The molecule has 0 N–H and O–H groups in total. The summed E-state index contributed by atoms with van der Waals surface area (Å²) in [5.41, 5.74) is 0. The molecule has 0 saturated heterocycles. The van der Waals surface area contributed by atoms with Gasteiger partial charge < -0.3 is 9.22 Å². The van der Waals surface area contributed by atoms with E-state index in [2.05, 4.69) is 28.1 Å². The van der Waals surface area contributed by atoms with Crippen molar-refractivity contribution in [2.75, 3.05) is 34.3 Å². The first-order valence-corrected chi connectivity index (χ1v) is 9.92. The number of nitrogens with zero attached hydrogens (tertiary/aromatic N) is 1. The monoisotopic (exact) mass is 328 g/mol. The number of carbonyl (C=O) groups is 1. The molecular weight excluding hydrogens is 286 g/mol. The lowest BCUT2D eigenvalue weighted by Crippen LogP contribution is -2.35. The minimum absolute atomic E-state index is 0.0117. The molecule has 0 fully saturated rings. The quantitative estimate of drug-likeness (QED) is 0.217. The van der Waals surface area contributed by atoms with Gasteiger partial charge in [0.05, 0.1) is 34.3 Å². The largest absolute Gasteiger partial charge is 0.465 e. The zero-order valence-corrected chi connectivity index (χ0v) is 16.4. The smallest absolute Gasteiger partial charge is 0.305 e. The number of unbranched alkanes of at least 4 members (excludes halogenated alkanes) is 10. The third kappa shape index (κ3) is 19.4. The highest BCUT2D eigenvalue weighted by atomic mass is 16.5. The standard InChI is InChI=1S/C20H42NO2/c1-5-6-7-8-9-10-11-12-13-14-15-17-20(22)23-19-16-18-21(2,3)4/h5-19H2,1-4H3/q+1. The predicted octanol–water partition coefficient (Wildman–Crippen LogP) is 5.33. The number of ether oxygens (including phenoxy) is 1. The van der Waals surface area contributed by atoms with Crippen LogP contribution < -0.4 is 0 Å². The van der Waals surface area contributed by atoms with Gasteiger partial charge in [0, 0.05) is 12.8 Å². The minimum atomic E-state index is -0.0117. The number of carbonyl (C=O) groups excluding carboxylic acids is 1. The molecule has 0 heterocycles. The van der Waals surface area contributed by atoms with E-state index in [0.29, 0.717) is 13.0 Å². The zero-order valence-electron chi connectivity index (χ0n) is 16.4. The molecule has 3 nitrogen and oxygen atoms in total. The van der Waals surface area contributed by atoms with Gasteiger partial charge in [-0.1, -0.05) is 71.1 Å². The second-order valence-corrected chi connectivity index (χ2v) is 7.87. The summed E-state index contributed by atoms with van der Waals surface area (Å²) in [4.78, 5) is 11.6. The molecule has 0 aromatic rings. The van der Waals surface area contributed by atoms with Crippen molar-refractivity contribution in [1.82, 2.24) is 0 Å². The Kier molecular flexibility index (Phi) is 14.6. The van der Waals surface area contributed by atoms with Crippen LogP contribution in [0.5, 0.6) is 0 Å². The fourth-order valence-corrected chi connectivity index (χ4v) is 2.73. The minimum Gasteiger partial charge on any atom is -0.465 e. The van der Waals surface area contributed by atoms with Gasteiger partial charge in [-0.15, -0.1) is 0 Å². The summed E-state index contributed by atoms with van der Waals surface area (Å²) in [6.45, 7) is 3.89. The lowest BCUT2D eigenvalue weighted by Gasteiger charge is -2.23. The van der Waals surface area contributed by atoms with Crippen LogP contribution in [0.1, 0.15) is 90.4 Å². The molecule has 0 amide bonds. The Morgan fingerprint density at radius 1 is 0.739 bits per heavy atom. The summed E-state index contributed by atoms with van der Waals surface area (Å²) in [5.74, 6) is -0.0117. The lowest BCUT2D eigenvalue weighted by molar-refractivity contribution is -0.870. The summed E-state index contributed by atoms with van der Waals surface area (Å²) in [5, 5.41) is 0. The third-order valence-electron chi connectivity index (χ3n) is 4.22. The van der Waals surface area contributed by atoms with Crippen LogP contribution in [-0.2, 0) is 9.53 Å². The van der Waals surface area contributed by atoms with Crippen LogP contribution in [0.4, 0.5) is 0 Å². The van der Waals surface area contributed by atoms with Gasteiger partial charge in [0.1, 0.15) is 0 Å². The molecule has 0 unspecified atom stereocenters. The molecule has 138 valence electrons. The average Bonchev–Trinajstić information content (AvgIpc) is 2.48. The van der Waals surface area contributed by atoms with E-state index in [1.165, 1.54) is 64.2 Å². The highest BCUT2D eigenvalue weighted by molar-refractivity contribution is 5.69. The maximum Gasteiger partial charge on any atom is 0.305 e.